The molecule has 2 aromatic heterocycles. The average molecular weight is 367 g/mol. The van der Waals surface area contributed by atoms with Gasteiger partial charge >= 0.3 is 5.97 Å². The van der Waals surface area contributed by atoms with Crippen molar-refractivity contribution in [1.29, 1.82) is 0 Å². The van der Waals surface area contributed by atoms with Crippen LogP contribution in [0, 0.1) is 0 Å². The van der Waals surface area contributed by atoms with Gasteiger partial charge in [0, 0.05) is 23.8 Å². The Kier molecular flexibility index (Phi) is 7.31. The fourth-order valence-corrected chi connectivity index (χ4v) is 3.94. The van der Waals surface area contributed by atoms with Crippen molar-refractivity contribution in [3.05, 3.63) is 53.4 Å². The van der Waals surface area contributed by atoms with Crippen LogP contribution in [0.3, 0.4) is 0 Å². The molecule has 0 spiro atoms. The first-order chi connectivity index (χ1) is 13.2. The Morgan fingerprint density at radius 1 is 1.04 bits per heavy atom. The van der Waals surface area contributed by atoms with Gasteiger partial charge in [0.1, 0.15) is 6.33 Å². The van der Waals surface area contributed by atoms with E-state index in [0.29, 0.717) is 0 Å². The first-order valence-corrected chi connectivity index (χ1v) is 10.2. The molecule has 0 bridgehead atoms. The van der Waals surface area contributed by atoms with Crippen molar-refractivity contribution < 1.29 is 9.90 Å². The number of aromatic nitrogens is 3. The third-order valence-corrected chi connectivity index (χ3v) is 5.44. The lowest BCUT2D eigenvalue weighted by atomic mass is 9.92. The predicted octanol–water partition coefficient (Wildman–Crippen LogP) is 4.50. The molecule has 2 heterocycles. The van der Waals surface area contributed by atoms with E-state index in [4.69, 9.17) is 10.1 Å². The zero-order valence-electron chi connectivity index (χ0n) is 15.9. The van der Waals surface area contributed by atoms with Crippen LogP contribution in [0.15, 0.2) is 30.9 Å². The molecule has 5 heteroatoms. The third kappa shape index (κ3) is 6.12. The van der Waals surface area contributed by atoms with Crippen LogP contribution in [-0.2, 0) is 24.1 Å². The number of carboxylic acids is 1. The first-order valence-electron chi connectivity index (χ1n) is 10.2. The van der Waals surface area contributed by atoms with Gasteiger partial charge in [-0.3, -0.25) is 9.78 Å². The molecule has 1 aliphatic rings. The number of carbonyl (C=O) groups is 1. The van der Waals surface area contributed by atoms with Crippen molar-refractivity contribution in [3.8, 4) is 0 Å². The summed E-state index contributed by atoms with van der Waals surface area (Å²) in [6.45, 7) is 0. The minimum Gasteiger partial charge on any atom is -0.481 e. The Hall–Kier alpha value is -2.30. The lowest BCUT2D eigenvalue weighted by molar-refractivity contribution is -0.137. The average Bonchev–Trinajstić information content (AvgIpc) is 2.70. The highest BCUT2D eigenvalue weighted by atomic mass is 16.4. The maximum atomic E-state index is 11.1. The highest BCUT2D eigenvalue weighted by Crippen LogP contribution is 2.25. The van der Waals surface area contributed by atoms with Gasteiger partial charge in [-0.15, -0.1) is 0 Å². The summed E-state index contributed by atoms with van der Waals surface area (Å²) >= 11 is 0. The van der Waals surface area contributed by atoms with Gasteiger partial charge in [0.2, 0.25) is 0 Å². The van der Waals surface area contributed by atoms with Gasteiger partial charge in [0.05, 0.1) is 6.42 Å². The Bertz CT molecular complexity index is 734. The maximum absolute atomic E-state index is 11.1. The lowest BCUT2D eigenvalue weighted by Crippen LogP contribution is -2.07. The second-order valence-electron chi connectivity index (χ2n) is 7.53. The van der Waals surface area contributed by atoms with Crippen LogP contribution in [0.5, 0.6) is 0 Å². The molecular weight excluding hydrogens is 338 g/mol. The molecule has 0 aliphatic heterocycles. The van der Waals surface area contributed by atoms with Crippen LogP contribution in [0.4, 0.5) is 0 Å². The van der Waals surface area contributed by atoms with Gasteiger partial charge in [-0.05, 0) is 68.1 Å². The molecule has 3 rings (SSSR count). The zero-order chi connectivity index (χ0) is 18.9. The van der Waals surface area contributed by atoms with Gasteiger partial charge in [-0.25, -0.2) is 9.97 Å². The highest BCUT2D eigenvalue weighted by molar-refractivity contribution is 5.67. The molecule has 0 radical (unpaired) electrons. The van der Waals surface area contributed by atoms with E-state index >= 15 is 0 Å². The van der Waals surface area contributed by atoms with Crippen molar-refractivity contribution in [2.24, 2.45) is 0 Å². The van der Waals surface area contributed by atoms with E-state index in [9.17, 15) is 4.79 Å². The number of unbranched alkanes of at least 4 members (excludes halogenated alkanes) is 3. The summed E-state index contributed by atoms with van der Waals surface area (Å²) in [5.74, 6) is -0.756. The summed E-state index contributed by atoms with van der Waals surface area (Å²) in [5.41, 5.74) is 4.92. The Morgan fingerprint density at radius 2 is 1.81 bits per heavy atom. The SMILES string of the molecule is O=C(O)C[C@H](CCCCCCc1ccc2c(n1)CCCC2)c1cncnc1. The summed E-state index contributed by atoms with van der Waals surface area (Å²) in [6, 6.07) is 4.47. The maximum Gasteiger partial charge on any atom is 0.303 e. The van der Waals surface area contributed by atoms with E-state index in [0.717, 1.165) is 50.5 Å². The number of fused-ring (bicyclic) bond motifs is 1. The molecule has 2 aromatic rings. The molecule has 1 aliphatic carbocycles. The van der Waals surface area contributed by atoms with Crippen LogP contribution in [0.2, 0.25) is 0 Å². The fraction of sp³-hybridized carbons (Fsp3) is 0.545. The van der Waals surface area contributed by atoms with Crippen molar-refractivity contribution >= 4 is 5.97 Å². The minimum absolute atomic E-state index is 0.00557. The molecule has 0 aromatic carbocycles. The van der Waals surface area contributed by atoms with Crippen molar-refractivity contribution in [2.45, 2.75) is 76.5 Å². The highest BCUT2D eigenvalue weighted by Gasteiger charge is 2.16. The number of nitrogens with zero attached hydrogens (tertiary/aromatic N) is 3. The molecule has 0 amide bonds. The molecular formula is C22H29N3O2. The second kappa shape index (κ2) is 10.1. The minimum atomic E-state index is -0.762. The Morgan fingerprint density at radius 3 is 2.63 bits per heavy atom. The zero-order valence-corrected chi connectivity index (χ0v) is 15.9. The normalized spacial score (nSPS) is 14.5. The summed E-state index contributed by atoms with van der Waals surface area (Å²) in [4.78, 5) is 24.0. The van der Waals surface area contributed by atoms with E-state index in [1.165, 1.54) is 42.5 Å². The molecule has 1 atom stereocenters. The van der Waals surface area contributed by atoms with Gasteiger partial charge in [-0.2, -0.15) is 0 Å². The van der Waals surface area contributed by atoms with E-state index in [-0.39, 0.29) is 12.3 Å². The van der Waals surface area contributed by atoms with E-state index in [2.05, 4.69) is 22.1 Å². The van der Waals surface area contributed by atoms with Gasteiger partial charge in [-0.1, -0.05) is 25.3 Å². The van der Waals surface area contributed by atoms with Crippen LogP contribution < -0.4 is 0 Å². The van der Waals surface area contributed by atoms with Crippen LogP contribution >= 0.6 is 0 Å². The Balaban J connectivity index is 1.38. The number of aryl methyl sites for hydroxylation is 3. The van der Waals surface area contributed by atoms with Crippen molar-refractivity contribution in [1.82, 2.24) is 15.0 Å². The standard InChI is InChI=1S/C22H29N3O2/c26-22(27)13-18(19-14-23-16-24-15-19)8-3-1-2-4-9-20-12-11-17-7-5-6-10-21(17)25-20/h11-12,14-16,18H,1-10,13H2,(H,26,27)/t18-/m0/s1. The van der Waals surface area contributed by atoms with Crippen LogP contribution in [0.25, 0.3) is 0 Å². The molecule has 27 heavy (non-hydrogen) atoms. The molecule has 0 unspecified atom stereocenters. The van der Waals surface area contributed by atoms with Crippen LogP contribution in [-0.4, -0.2) is 26.0 Å². The number of hydrogen-bond acceptors (Lipinski definition) is 4. The Labute approximate surface area is 161 Å². The van der Waals surface area contributed by atoms with Crippen LogP contribution in [0.1, 0.15) is 79.8 Å². The first kappa shape index (κ1) is 19.5. The second-order valence-corrected chi connectivity index (χ2v) is 7.53. The lowest BCUT2D eigenvalue weighted by Gasteiger charge is -2.15. The van der Waals surface area contributed by atoms with E-state index in [1.807, 2.05) is 0 Å². The summed E-state index contributed by atoms with van der Waals surface area (Å²) in [6.07, 6.45) is 16.4. The van der Waals surface area contributed by atoms with E-state index < -0.39 is 5.97 Å². The molecule has 0 saturated carbocycles. The molecule has 0 saturated heterocycles. The number of aliphatic carboxylic acids is 1. The quantitative estimate of drug-likeness (QED) is 0.626. The third-order valence-electron chi connectivity index (χ3n) is 5.44. The summed E-state index contributed by atoms with van der Waals surface area (Å²) < 4.78 is 0. The topological polar surface area (TPSA) is 76.0 Å². The fourth-order valence-electron chi connectivity index (χ4n) is 3.94. The largest absolute Gasteiger partial charge is 0.481 e. The number of carboxylic acid groups (broad SMARTS) is 1. The molecule has 5 nitrogen and oxygen atoms in total. The van der Waals surface area contributed by atoms with Crippen molar-refractivity contribution in [2.75, 3.05) is 0 Å². The number of pyridine rings is 1. The van der Waals surface area contributed by atoms with Gasteiger partial charge in [0.25, 0.3) is 0 Å². The summed E-state index contributed by atoms with van der Waals surface area (Å²) in [7, 11) is 0. The van der Waals surface area contributed by atoms with E-state index in [1.54, 1.807) is 12.4 Å². The monoisotopic (exact) mass is 367 g/mol. The summed E-state index contributed by atoms with van der Waals surface area (Å²) in [5, 5.41) is 9.15. The molecule has 1 N–H and O–H groups in total. The number of hydrogen-bond donors (Lipinski definition) is 1. The van der Waals surface area contributed by atoms with Gasteiger partial charge in [0.15, 0.2) is 0 Å². The molecule has 0 fully saturated rings. The van der Waals surface area contributed by atoms with Gasteiger partial charge < -0.3 is 5.11 Å². The smallest absolute Gasteiger partial charge is 0.303 e. The molecule has 144 valence electrons. The predicted molar refractivity (Wildman–Crippen MR) is 105 cm³/mol. The number of rotatable bonds is 10. The van der Waals surface area contributed by atoms with Crippen molar-refractivity contribution in [3.63, 3.8) is 0 Å².